The van der Waals surface area contributed by atoms with Crippen LogP contribution in [0.15, 0.2) is 46.9 Å². The van der Waals surface area contributed by atoms with Crippen LogP contribution in [-0.2, 0) is 0 Å². The molecule has 0 radical (unpaired) electrons. The molecular formula is C17H17BrFN. The Morgan fingerprint density at radius 2 is 1.95 bits per heavy atom. The molecule has 0 aliphatic heterocycles. The Balaban J connectivity index is 1.62. The molecule has 1 nitrogen and oxygen atoms in total. The number of anilines is 1. The van der Waals surface area contributed by atoms with Crippen molar-refractivity contribution < 1.29 is 4.39 Å². The van der Waals surface area contributed by atoms with Gasteiger partial charge in [-0.1, -0.05) is 18.2 Å². The highest BCUT2D eigenvalue weighted by Crippen LogP contribution is 2.39. The minimum absolute atomic E-state index is 0.139. The zero-order valence-electron chi connectivity index (χ0n) is 11.4. The van der Waals surface area contributed by atoms with Crippen LogP contribution in [0.25, 0.3) is 0 Å². The molecule has 2 aromatic carbocycles. The Labute approximate surface area is 127 Å². The third-order valence-corrected chi connectivity index (χ3v) is 4.63. The monoisotopic (exact) mass is 333 g/mol. The Bertz CT molecular complexity index is 620. The largest absolute Gasteiger partial charge is 0.381 e. The third kappa shape index (κ3) is 2.88. The summed E-state index contributed by atoms with van der Waals surface area (Å²) in [5.74, 6) is 0.340. The van der Waals surface area contributed by atoms with E-state index in [1.54, 1.807) is 12.1 Å². The fraction of sp³-hybridized carbons (Fsp3) is 0.294. The first kappa shape index (κ1) is 13.6. The van der Waals surface area contributed by atoms with E-state index < -0.39 is 0 Å². The predicted octanol–water partition coefficient (Wildman–Crippen LogP) is 5.25. The van der Waals surface area contributed by atoms with Crippen LogP contribution < -0.4 is 5.32 Å². The highest BCUT2D eigenvalue weighted by Gasteiger charge is 2.30. The number of rotatable bonds is 3. The van der Waals surface area contributed by atoms with Crippen LogP contribution in [0.3, 0.4) is 0 Å². The van der Waals surface area contributed by atoms with E-state index in [1.807, 2.05) is 6.07 Å². The van der Waals surface area contributed by atoms with Crippen molar-refractivity contribution in [3.63, 3.8) is 0 Å². The highest BCUT2D eigenvalue weighted by molar-refractivity contribution is 9.10. The molecule has 1 aliphatic carbocycles. The topological polar surface area (TPSA) is 12.0 Å². The van der Waals surface area contributed by atoms with Crippen molar-refractivity contribution in [2.24, 2.45) is 0 Å². The summed E-state index contributed by atoms with van der Waals surface area (Å²) in [6, 6.07) is 13.8. The van der Waals surface area contributed by atoms with Crippen LogP contribution in [0.1, 0.15) is 29.9 Å². The fourth-order valence-corrected chi connectivity index (χ4v) is 3.10. The molecule has 104 valence electrons. The summed E-state index contributed by atoms with van der Waals surface area (Å²) >= 11 is 3.57. The zero-order valence-corrected chi connectivity index (χ0v) is 13.0. The lowest BCUT2D eigenvalue weighted by atomic mass is 9.76. The Hall–Kier alpha value is -1.35. The number of hydrogen-bond donors (Lipinski definition) is 1. The van der Waals surface area contributed by atoms with Crippen molar-refractivity contribution in [2.45, 2.75) is 31.7 Å². The molecule has 0 heterocycles. The van der Waals surface area contributed by atoms with Crippen molar-refractivity contribution in [1.29, 1.82) is 0 Å². The molecule has 0 spiro atoms. The van der Waals surface area contributed by atoms with Gasteiger partial charge >= 0.3 is 0 Å². The summed E-state index contributed by atoms with van der Waals surface area (Å²) in [5.41, 5.74) is 3.51. The van der Waals surface area contributed by atoms with Crippen molar-refractivity contribution >= 4 is 21.6 Å². The molecule has 1 aliphatic rings. The highest BCUT2D eigenvalue weighted by atomic mass is 79.9. The van der Waals surface area contributed by atoms with Gasteiger partial charge in [0.15, 0.2) is 0 Å². The van der Waals surface area contributed by atoms with Crippen LogP contribution in [0.2, 0.25) is 0 Å². The maximum absolute atomic E-state index is 13.2. The number of halogens is 2. The first-order valence-corrected chi connectivity index (χ1v) is 7.69. The van der Waals surface area contributed by atoms with Crippen molar-refractivity contribution in [1.82, 2.24) is 0 Å². The number of nitrogens with one attached hydrogen (secondary N) is 1. The van der Waals surface area contributed by atoms with E-state index in [2.05, 4.69) is 46.4 Å². The molecule has 0 unspecified atom stereocenters. The number of hydrogen-bond acceptors (Lipinski definition) is 1. The predicted molar refractivity (Wildman–Crippen MR) is 84.7 cm³/mol. The SMILES string of the molecule is Cc1ccc(Br)c(NC2CC(c3cccc(F)c3)C2)c1. The standard InChI is InChI=1S/C17H17BrFN/c1-11-5-6-16(18)17(7-11)20-15-9-13(10-15)12-3-2-4-14(19)8-12/h2-8,13,15,20H,9-10H2,1H3. The molecule has 0 bridgehead atoms. The molecule has 2 aromatic rings. The average molecular weight is 334 g/mol. The quantitative estimate of drug-likeness (QED) is 0.808. The van der Waals surface area contributed by atoms with Gasteiger partial charge in [0, 0.05) is 16.2 Å². The van der Waals surface area contributed by atoms with Crippen molar-refractivity contribution in [3.05, 3.63) is 63.9 Å². The third-order valence-electron chi connectivity index (χ3n) is 3.94. The van der Waals surface area contributed by atoms with E-state index in [1.165, 1.54) is 11.6 Å². The van der Waals surface area contributed by atoms with Crippen molar-refractivity contribution in [2.75, 3.05) is 5.32 Å². The van der Waals surface area contributed by atoms with Gasteiger partial charge in [-0.3, -0.25) is 0 Å². The van der Waals surface area contributed by atoms with E-state index in [0.717, 1.165) is 28.6 Å². The number of benzene rings is 2. The van der Waals surface area contributed by atoms with Gasteiger partial charge in [-0.2, -0.15) is 0 Å². The van der Waals surface area contributed by atoms with Gasteiger partial charge in [-0.05, 0) is 77.0 Å². The summed E-state index contributed by atoms with van der Waals surface area (Å²) in [6.45, 7) is 2.09. The van der Waals surface area contributed by atoms with Crippen LogP contribution in [0.4, 0.5) is 10.1 Å². The fourth-order valence-electron chi connectivity index (χ4n) is 2.74. The molecule has 0 atom stereocenters. The normalized spacial score (nSPS) is 21.4. The number of aryl methyl sites for hydroxylation is 1. The lowest BCUT2D eigenvalue weighted by Gasteiger charge is -2.37. The second-order valence-electron chi connectivity index (χ2n) is 5.55. The van der Waals surface area contributed by atoms with E-state index in [4.69, 9.17) is 0 Å². The molecule has 20 heavy (non-hydrogen) atoms. The molecule has 1 fully saturated rings. The van der Waals surface area contributed by atoms with Crippen LogP contribution in [0, 0.1) is 12.7 Å². The van der Waals surface area contributed by atoms with Gasteiger partial charge in [0.1, 0.15) is 5.82 Å². The molecule has 1 saturated carbocycles. The minimum Gasteiger partial charge on any atom is -0.381 e. The summed E-state index contributed by atoms with van der Waals surface area (Å²) in [4.78, 5) is 0. The van der Waals surface area contributed by atoms with Gasteiger partial charge in [0.05, 0.1) is 0 Å². The van der Waals surface area contributed by atoms with E-state index in [9.17, 15) is 4.39 Å². The molecular weight excluding hydrogens is 317 g/mol. The molecule has 1 N–H and O–H groups in total. The molecule has 0 amide bonds. The average Bonchev–Trinajstić information content (AvgIpc) is 2.37. The molecule has 3 heteroatoms. The lowest BCUT2D eigenvalue weighted by Crippen LogP contribution is -2.34. The Morgan fingerprint density at radius 3 is 2.70 bits per heavy atom. The second kappa shape index (κ2) is 5.57. The van der Waals surface area contributed by atoms with Crippen LogP contribution in [0.5, 0.6) is 0 Å². The summed E-state index contributed by atoms with van der Waals surface area (Å²) in [5, 5.41) is 3.56. The minimum atomic E-state index is -0.139. The van der Waals surface area contributed by atoms with E-state index >= 15 is 0 Å². The molecule has 3 rings (SSSR count). The van der Waals surface area contributed by atoms with Crippen molar-refractivity contribution in [3.8, 4) is 0 Å². The van der Waals surface area contributed by atoms with E-state index in [0.29, 0.717) is 12.0 Å². The summed E-state index contributed by atoms with van der Waals surface area (Å²) in [7, 11) is 0. The second-order valence-corrected chi connectivity index (χ2v) is 6.40. The zero-order chi connectivity index (χ0) is 14.1. The molecule has 0 saturated heterocycles. The lowest BCUT2D eigenvalue weighted by molar-refractivity contribution is 0.373. The first-order chi connectivity index (χ1) is 9.61. The summed E-state index contributed by atoms with van der Waals surface area (Å²) < 4.78 is 14.3. The van der Waals surface area contributed by atoms with Gasteiger partial charge in [0.2, 0.25) is 0 Å². The van der Waals surface area contributed by atoms with E-state index in [-0.39, 0.29) is 5.82 Å². The van der Waals surface area contributed by atoms with Gasteiger partial charge in [-0.25, -0.2) is 4.39 Å². The molecule has 0 aromatic heterocycles. The Kier molecular flexibility index (Phi) is 3.79. The van der Waals surface area contributed by atoms with Gasteiger partial charge in [0.25, 0.3) is 0 Å². The summed E-state index contributed by atoms with van der Waals surface area (Å²) in [6.07, 6.45) is 2.12. The maximum Gasteiger partial charge on any atom is 0.123 e. The Morgan fingerprint density at radius 1 is 1.15 bits per heavy atom. The first-order valence-electron chi connectivity index (χ1n) is 6.90. The van der Waals surface area contributed by atoms with Crippen LogP contribution in [-0.4, -0.2) is 6.04 Å². The van der Waals surface area contributed by atoms with Gasteiger partial charge in [-0.15, -0.1) is 0 Å². The maximum atomic E-state index is 13.2. The smallest absolute Gasteiger partial charge is 0.123 e. The van der Waals surface area contributed by atoms with Crippen LogP contribution >= 0.6 is 15.9 Å². The van der Waals surface area contributed by atoms with Gasteiger partial charge < -0.3 is 5.32 Å².